The summed E-state index contributed by atoms with van der Waals surface area (Å²) in [5, 5.41) is 3.62. The predicted octanol–water partition coefficient (Wildman–Crippen LogP) is 1.90. The highest BCUT2D eigenvalue weighted by molar-refractivity contribution is 5.40. The molecule has 1 aromatic carbocycles. The quantitative estimate of drug-likeness (QED) is 0.910. The van der Waals surface area contributed by atoms with E-state index in [1.165, 1.54) is 13.0 Å². The van der Waals surface area contributed by atoms with Gasteiger partial charge in [0.25, 0.3) is 0 Å². The van der Waals surface area contributed by atoms with Crippen molar-refractivity contribution in [1.82, 2.24) is 10.2 Å². The molecule has 1 saturated heterocycles. The summed E-state index contributed by atoms with van der Waals surface area (Å²) in [6.45, 7) is 8.34. The van der Waals surface area contributed by atoms with E-state index in [0.717, 1.165) is 24.6 Å². The summed E-state index contributed by atoms with van der Waals surface area (Å²) in [5.74, 6) is 1.72. The van der Waals surface area contributed by atoms with Gasteiger partial charge < -0.3 is 14.8 Å². The zero-order valence-corrected chi connectivity index (χ0v) is 12.3. The van der Waals surface area contributed by atoms with E-state index in [4.69, 9.17) is 9.47 Å². The molecular weight excluding hydrogens is 252 g/mol. The lowest BCUT2D eigenvalue weighted by atomic mass is 10.2. The minimum Gasteiger partial charge on any atom is -0.486 e. The van der Waals surface area contributed by atoms with Crippen LogP contribution in [-0.2, 0) is 0 Å². The van der Waals surface area contributed by atoms with Crippen molar-refractivity contribution in [1.29, 1.82) is 0 Å². The van der Waals surface area contributed by atoms with Crippen LogP contribution in [0.1, 0.15) is 20.3 Å². The van der Waals surface area contributed by atoms with Crippen molar-refractivity contribution in [2.45, 2.75) is 38.5 Å². The van der Waals surface area contributed by atoms with Crippen molar-refractivity contribution in [3.05, 3.63) is 24.3 Å². The molecule has 110 valence electrons. The van der Waals surface area contributed by atoms with Crippen LogP contribution in [0.25, 0.3) is 0 Å². The van der Waals surface area contributed by atoms with Crippen molar-refractivity contribution in [2.75, 3.05) is 26.2 Å². The van der Waals surface area contributed by atoms with Crippen LogP contribution in [0.5, 0.6) is 11.5 Å². The van der Waals surface area contributed by atoms with Crippen LogP contribution in [0.15, 0.2) is 24.3 Å². The molecule has 20 heavy (non-hydrogen) atoms. The maximum absolute atomic E-state index is 5.96. The van der Waals surface area contributed by atoms with Crippen molar-refractivity contribution in [3.8, 4) is 11.5 Å². The highest BCUT2D eigenvalue weighted by atomic mass is 16.6. The van der Waals surface area contributed by atoms with Gasteiger partial charge in [-0.15, -0.1) is 0 Å². The number of ether oxygens (including phenoxy) is 2. The number of likely N-dealkylation sites (tertiary alicyclic amines) is 1. The third-order valence-corrected chi connectivity index (χ3v) is 4.15. The van der Waals surface area contributed by atoms with Gasteiger partial charge in [0.15, 0.2) is 11.5 Å². The minimum atomic E-state index is 0.109. The molecule has 2 heterocycles. The van der Waals surface area contributed by atoms with Gasteiger partial charge >= 0.3 is 0 Å². The monoisotopic (exact) mass is 276 g/mol. The Kier molecular flexibility index (Phi) is 4.13. The maximum atomic E-state index is 5.96. The molecule has 0 aliphatic carbocycles. The summed E-state index contributed by atoms with van der Waals surface area (Å²) in [6.07, 6.45) is 1.33. The van der Waals surface area contributed by atoms with Gasteiger partial charge in [-0.1, -0.05) is 12.1 Å². The minimum absolute atomic E-state index is 0.109. The normalized spacial score (nSPS) is 26.1. The Bertz CT molecular complexity index is 450. The molecule has 2 unspecified atom stereocenters. The fraction of sp³-hybridized carbons (Fsp3) is 0.625. The highest BCUT2D eigenvalue weighted by Gasteiger charge is 2.26. The van der Waals surface area contributed by atoms with Crippen molar-refractivity contribution < 1.29 is 9.47 Å². The Labute approximate surface area is 121 Å². The molecule has 1 N–H and O–H groups in total. The number of nitrogens with zero attached hydrogens (tertiary/aromatic N) is 1. The Morgan fingerprint density at radius 2 is 2.10 bits per heavy atom. The Morgan fingerprint density at radius 1 is 1.30 bits per heavy atom. The molecule has 0 aromatic heterocycles. The second-order valence-corrected chi connectivity index (χ2v) is 5.98. The number of benzene rings is 1. The van der Waals surface area contributed by atoms with Gasteiger partial charge in [0.2, 0.25) is 0 Å². The van der Waals surface area contributed by atoms with Crippen molar-refractivity contribution >= 4 is 0 Å². The summed E-state index contributed by atoms with van der Waals surface area (Å²) >= 11 is 0. The fourth-order valence-corrected chi connectivity index (χ4v) is 2.88. The van der Waals surface area contributed by atoms with Crippen molar-refractivity contribution in [3.63, 3.8) is 0 Å². The number of nitrogens with one attached hydrogen (secondary N) is 1. The van der Waals surface area contributed by atoms with Gasteiger partial charge in [-0.3, -0.25) is 4.90 Å². The molecule has 0 saturated carbocycles. The lowest BCUT2D eigenvalue weighted by Gasteiger charge is -2.28. The van der Waals surface area contributed by atoms with Gasteiger partial charge in [0.05, 0.1) is 0 Å². The van der Waals surface area contributed by atoms with E-state index in [9.17, 15) is 0 Å². The summed E-state index contributed by atoms with van der Waals surface area (Å²) in [6, 6.07) is 9.10. The Hall–Kier alpha value is -1.26. The number of fused-ring (bicyclic) bond motifs is 1. The second kappa shape index (κ2) is 6.02. The van der Waals surface area contributed by atoms with Crippen LogP contribution in [0.2, 0.25) is 0 Å². The number of rotatable bonds is 4. The molecule has 1 aromatic rings. The third kappa shape index (κ3) is 3.07. The summed E-state index contributed by atoms with van der Waals surface area (Å²) < 4.78 is 11.7. The largest absolute Gasteiger partial charge is 0.486 e. The van der Waals surface area contributed by atoms with Gasteiger partial charge in [0, 0.05) is 25.2 Å². The standard InChI is InChI=1S/C16H24N2O2/c1-12(2)18-8-7-13(10-18)17-9-14-11-19-15-5-3-4-6-16(15)20-14/h3-6,12-14,17H,7-11H2,1-2H3. The molecule has 4 nitrogen and oxygen atoms in total. The molecular formula is C16H24N2O2. The van der Waals surface area contributed by atoms with Gasteiger partial charge in [-0.25, -0.2) is 0 Å². The molecule has 2 atom stereocenters. The summed E-state index contributed by atoms with van der Waals surface area (Å²) in [5.41, 5.74) is 0. The van der Waals surface area contributed by atoms with E-state index in [-0.39, 0.29) is 6.10 Å². The highest BCUT2D eigenvalue weighted by Crippen LogP contribution is 2.30. The SMILES string of the molecule is CC(C)N1CCC(NCC2COc3ccccc3O2)C1. The van der Waals surface area contributed by atoms with Crippen LogP contribution in [0.4, 0.5) is 0 Å². The van der Waals surface area contributed by atoms with E-state index in [0.29, 0.717) is 18.7 Å². The van der Waals surface area contributed by atoms with Crippen LogP contribution < -0.4 is 14.8 Å². The number of hydrogen-bond acceptors (Lipinski definition) is 4. The van der Waals surface area contributed by atoms with Crippen LogP contribution in [-0.4, -0.2) is 49.3 Å². The number of hydrogen-bond donors (Lipinski definition) is 1. The van der Waals surface area contributed by atoms with E-state index < -0.39 is 0 Å². The third-order valence-electron chi connectivity index (χ3n) is 4.15. The first kappa shape index (κ1) is 13.7. The van der Waals surface area contributed by atoms with E-state index in [2.05, 4.69) is 24.1 Å². The summed E-state index contributed by atoms with van der Waals surface area (Å²) in [4.78, 5) is 2.52. The average molecular weight is 276 g/mol. The topological polar surface area (TPSA) is 33.7 Å². The predicted molar refractivity (Wildman–Crippen MR) is 79.5 cm³/mol. The van der Waals surface area contributed by atoms with Crippen LogP contribution in [0.3, 0.4) is 0 Å². The average Bonchev–Trinajstić information content (AvgIpc) is 2.94. The fourth-order valence-electron chi connectivity index (χ4n) is 2.88. The van der Waals surface area contributed by atoms with Crippen LogP contribution >= 0.6 is 0 Å². The molecule has 0 radical (unpaired) electrons. The smallest absolute Gasteiger partial charge is 0.161 e. The maximum Gasteiger partial charge on any atom is 0.161 e. The Balaban J connectivity index is 1.47. The lowest BCUT2D eigenvalue weighted by Crippen LogP contribution is -2.43. The molecule has 0 amide bonds. The van der Waals surface area contributed by atoms with E-state index >= 15 is 0 Å². The lowest BCUT2D eigenvalue weighted by molar-refractivity contribution is 0.0882. The molecule has 0 spiro atoms. The van der Waals surface area contributed by atoms with E-state index in [1.807, 2.05) is 24.3 Å². The molecule has 2 aliphatic heterocycles. The van der Waals surface area contributed by atoms with E-state index in [1.54, 1.807) is 0 Å². The van der Waals surface area contributed by atoms with Gasteiger partial charge in [0.1, 0.15) is 12.7 Å². The molecule has 0 bridgehead atoms. The summed E-state index contributed by atoms with van der Waals surface area (Å²) in [7, 11) is 0. The zero-order valence-electron chi connectivity index (χ0n) is 12.3. The first-order chi connectivity index (χ1) is 9.72. The molecule has 4 heteroatoms. The zero-order chi connectivity index (χ0) is 13.9. The Morgan fingerprint density at radius 3 is 2.85 bits per heavy atom. The molecule has 1 fully saturated rings. The second-order valence-electron chi connectivity index (χ2n) is 5.98. The van der Waals surface area contributed by atoms with Gasteiger partial charge in [-0.05, 0) is 38.9 Å². The molecule has 3 rings (SSSR count). The first-order valence-electron chi connectivity index (χ1n) is 7.58. The first-order valence-corrected chi connectivity index (χ1v) is 7.58. The molecule has 2 aliphatic rings. The van der Waals surface area contributed by atoms with Gasteiger partial charge in [-0.2, -0.15) is 0 Å². The van der Waals surface area contributed by atoms with Crippen molar-refractivity contribution in [2.24, 2.45) is 0 Å². The number of para-hydroxylation sites is 2. The van der Waals surface area contributed by atoms with Crippen LogP contribution in [0, 0.1) is 0 Å².